The average Bonchev–Trinajstić information content (AvgIpc) is 2.45. The van der Waals surface area contributed by atoms with Crippen molar-refractivity contribution in [3.63, 3.8) is 0 Å². The van der Waals surface area contributed by atoms with Crippen LogP contribution >= 0.6 is 0 Å². The summed E-state index contributed by atoms with van der Waals surface area (Å²) in [7, 11) is 0. The molecule has 3 N–H and O–H groups in total. The summed E-state index contributed by atoms with van der Waals surface area (Å²) in [6.07, 6.45) is -0.313. The van der Waals surface area contributed by atoms with Crippen LogP contribution in [0.1, 0.15) is 22.7 Å². The van der Waals surface area contributed by atoms with Gasteiger partial charge in [-0.15, -0.1) is 0 Å². The highest BCUT2D eigenvalue weighted by Gasteiger charge is 2.23. The molecule has 0 aromatic heterocycles. The Hall–Kier alpha value is -1.92. The molecule has 0 radical (unpaired) electrons. The molecule has 2 nitrogen and oxygen atoms in total. The predicted molar refractivity (Wildman–Crippen MR) is 71.2 cm³/mol. The summed E-state index contributed by atoms with van der Waals surface area (Å²) in [6, 6.07) is 4.66. The lowest BCUT2D eigenvalue weighted by atomic mass is 9.96. The molecule has 1 unspecified atom stereocenters. The smallest absolute Gasteiger partial charge is 0.133 e. The molecule has 0 saturated carbocycles. The Balaban J connectivity index is 2.44. The van der Waals surface area contributed by atoms with Crippen LogP contribution in [0.2, 0.25) is 0 Å². The second-order valence-corrected chi connectivity index (χ2v) is 4.72. The van der Waals surface area contributed by atoms with Crippen LogP contribution in [-0.4, -0.2) is 0 Å². The minimum absolute atomic E-state index is 0.223. The quantitative estimate of drug-likeness (QED) is 0.516. The summed E-state index contributed by atoms with van der Waals surface area (Å²) in [5.74, 6) is 2.13. The van der Waals surface area contributed by atoms with Crippen LogP contribution in [0.4, 0.5) is 17.6 Å². The van der Waals surface area contributed by atoms with Crippen molar-refractivity contribution in [1.82, 2.24) is 5.43 Å². The van der Waals surface area contributed by atoms with E-state index in [0.717, 1.165) is 18.2 Å². The summed E-state index contributed by atoms with van der Waals surface area (Å²) in [4.78, 5) is 0. The van der Waals surface area contributed by atoms with E-state index in [1.54, 1.807) is 0 Å². The van der Waals surface area contributed by atoms with E-state index in [-0.39, 0.29) is 23.1 Å². The Bertz CT molecular complexity index is 638. The first kappa shape index (κ1) is 15.5. The van der Waals surface area contributed by atoms with Gasteiger partial charge in [0.1, 0.15) is 23.3 Å². The van der Waals surface area contributed by atoms with Gasteiger partial charge in [-0.05, 0) is 37.1 Å². The Morgan fingerprint density at radius 1 is 1.00 bits per heavy atom. The third-order valence-electron chi connectivity index (χ3n) is 3.34. The molecule has 2 rings (SSSR count). The molecule has 21 heavy (non-hydrogen) atoms. The van der Waals surface area contributed by atoms with Gasteiger partial charge in [0, 0.05) is 11.1 Å². The lowest BCUT2D eigenvalue weighted by molar-refractivity contribution is 0.453. The fraction of sp³-hybridized carbons (Fsp3) is 0.200. The van der Waals surface area contributed by atoms with Gasteiger partial charge in [-0.3, -0.25) is 11.3 Å². The number of hydrazine groups is 1. The summed E-state index contributed by atoms with van der Waals surface area (Å²) in [5, 5.41) is 0. The van der Waals surface area contributed by atoms with Crippen LogP contribution < -0.4 is 11.3 Å². The Morgan fingerprint density at radius 2 is 1.62 bits per heavy atom. The van der Waals surface area contributed by atoms with Crippen LogP contribution in [-0.2, 0) is 6.42 Å². The van der Waals surface area contributed by atoms with Crippen LogP contribution in [0.3, 0.4) is 0 Å². The van der Waals surface area contributed by atoms with E-state index in [1.807, 2.05) is 0 Å². The van der Waals surface area contributed by atoms with Crippen LogP contribution in [0.25, 0.3) is 0 Å². The van der Waals surface area contributed by atoms with Gasteiger partial charge < -0.3 is 0 Å². The van der Waals surface area contributed by atoms with Gasteiger partial charge in [0.15, 0.2) is 0 Å². The molecule has 0 spiro atoms. The topological polar surface area (TPSA) is 38.0 Å². The molecule has 0 aliphatic rings. The first-order valence-electron chi connectivity index (χ1n) is 6.29. The zero-order valence-corrected chi connectivity index (χ0v) is 11.3. The molecular formula is C15H14F4N2. The minimum atomic E-state index is -1.09. The highest BCUT2D eigenvalue weighted by Crippen LogP contribution is 2.27. The number of aryl methyl sites for hydroxylation is 1. The number of halogens is 4. The highest BCUT2D eigenvalue weighted by atomic mass is 19.1. The summed E-state index contributed by atoms with van der Waals surface area (Å²) in [5.41, 5.74) is 1.83. The maximum absolute atomic E-state index is 14.1. The molecule has 2 aromatic rings. The van der Waals surface area contributed by atoms with Crippen molar-refractivity contribution < 1.29 is 17.6 Å². The molecular weight excluding hydrogens is 284 g/mol. The second kappa shape index (κ2) is 6.24. The number of nitrogens with one attached hydrogen (secondary N) is 1. The van der Waals surface area contributed by atoms with Crippen LogP contribution in [0.5, 0.6) is 0 Å². The minimum Gasteiger partial charge on any atom is -0.271 e. The van der Waals surface area contributed by atoms with Crippen molar-refractivity contribution >= 4 is 0 Å². The molecule has 1 atom stereocenters. The third-order valence-corrected chi connectivity index (χ3v) is 3.34. The van der Waals surface area contributed by atoms with Crippen molar-refractivity contribution in [2.24, 2.45) is 5.84 Å². The predicted octanol–water partition coefficient (Wildman–Crippen LogP) is 3.30. The Morgan fingerprint density at radius 3 is 2.19 bits per heavy atom. The zero-order valence-electron chi connectivity index (χ0n) is 11.3. The van der Waals surface area contributed by atoms with E-state index in [1.165, 1.54) is 19.1 Å². The van der Waals surface area contributed by atoms with E-state index >= 15 is 0 Å². The van der Waals surface area contributed by atoms with Crippen molar-refractivity contribution in [3.05, 3.63) is 70.3 Å². The third kappa shape index (κ3) is 3.06. The molecule has 0 aliphatic heterocycles. The van der Waals surface area contributed by atoms with Gasteiger partial charge >= 0.3 is 0 Å². The molecule has 0 heterocycles. The number of hydrogen-bond donors (Lipinski definition) is 2. The summed E-state index contributed by atoms with van der Waals surface area (Å²) >= 11 is 0. The molecule has 0 aliphatic carbocycles. The standard InChI is InChI=1S/C15H14F4N2/c1-8-5-6-12(18)14(15(8)19)13(21-20)7-9-10(16)3-2-4-11(9)17/h2-6,13,21H,7,20H2,1H3. The van der Waals surface area contributed by atoms with Gasteiger partial charge in [0.05, 0.1) is 6.04 Å². The van der Waals surface area contributed by atoms with Crippen molar-refractivity contribution in [1.29, 1.82) is 0 Å². The lowest BCUT2D eigenvalue weighted by Gasteiger charge is -2.19. The van der Waals surface area contributed by atoms with Gasteiger partial charge in [-0.1, -0.05) is 12.1 Å². The molecule has 0 amide bonds. The van der Waals surface area contributed by atoms with Gasteiger partial charge in [0.2, 0.25) is 0 Å². The number of benzene rings is 2. The zero-order chi connectivity index (χ0) is 15.6. The molecule has 0 saturated heterocycles. The Kier molecular flexibility index (Phi) is 4.59. The van der Waals surface area contributed by atoms with Crippen molar-refractivity contribution in [3.8, 4) is 0 Å². The average molecular weight is 298 g/mol. The van der Waals surface area contributed by atoms with Crippen molar-refractivity contribution in [2.45, 2.75) is 19.4 Å². The number of hydrogen-bond acceptors (Lipinski definition) is 2. The summed E-state index contributed by atoms with van der Waals surface area (Å²) in [6.45, 7) is 1.47. The first-order valence-corrected chi connectivity index (χ1v) is 6.29. The van der Waals surface area contributed by atoms with E-state index in [4.69, 9.17) is 5.84 Å². The van der Waals surface area contributed by atoms with Crippen LogP contribution in [0, 0.1) is 30.2 Å². The maximum atomic E-state index is 14.1. The highest BCUT2D eigenvalue weighted by molar-refractivity contribution is 5.31. The molecule has 0 bridgehead atoms. The molecule has 0 fully saturated rings. The molecule has 2 aromatic carbocycles. The Labute approximate surface area is 119 Å². The van der Waals surface area contributed by atoms with Crippen molar-refractivity contribution in [2.75, 3.05) is 0 Å². The second-order valence-electron chi connectivity index (χ2n) is 4.72. The number of nitrogens with two attached hydrogens (primary N) is 1. The fourth-order valence-electron chi connectivity index (χ4n) is 2.17. The van der Waals surface area contributed by atoms with E-state index in [9.17, 15) is 17.6 Å². The number of rotatable bonds is 4. The molecule has 112 valence electrons. The lowest BCUT2D eigenvalue weighted by Crippen LogP contribution is -2.31. The van der Waals surface area contributed by atoms with Gasteiger partial charge in [0.25, 0.3) is 0 Å². The van der Waals surface area contributed by atoms with Gasteiger partial charge in [-0.2, -0.15) is 0 Å². The first-order chi connectivity index (χ1) is 9.95. The molecule has 6 heteroatoms. The van der Waals surface area contributed by atoms with E-state index in [0.29, 0.717) is 0 Å². The summed E-state index contributed by atoms with van der Waals surface area (Å²) < 4.78 is 55.2. The normalized spacial score (nSPS) is 12.5. The fourth-order valence-corrected chi connectivity index (χ4v) is 2.17. The maximum Gasteiger partial charge on any atom is 0.133 e. The van der Waals surface area contributed by atoms with E-state index < -0.39 is 29.3 Å². The van der Waals surface area contributed by atoms with E-state index in [2.05, 4.69) is 5.43 Å². The van der Waals surface area contributed by atoms with Crippen LogP contribution in [0.15, 0.2) is 30.3 Å². The van der Waals surface area contributed by atoms with Gasteiger partial charge in [-0.25, -0.2) is 17.6 Å². The SMILES string of the molecule is Cc1ccc(F)c(C(Cc2c(F)cccc2F)NN)c1F. The largest absolute Gasteiger partial charge is 0.271 e. The monoisotopic (exact) mass is 298 g/mol.